The van der Waals surface area contributed by atoms with Gasteiger partial charge in [0.05, 0.1) is 12.7 Å². The predicted octanol–water partition coefficient (Wildman–Crippen LogP) is 2.75. The number of nitrogens with one attached hydrogen (secondary N) is 1. The molecule has 1 fully saturated rings. The van der Waals surface area contributed by atoms with E-state index in [1.807, 2.05) is 6.07 Å². The molecule has 1 heterocycles. The zero-order valence-electron chi connectivity index (χ0n) is 12.0. The van der Waals surface area contributed by atoms with Gasteiger partial charge in [-0.2, -0.15) is 0 Å². The largest absolute Gasteiger partial charge is 0.347 e. The van der Waals surface area contributed by atoms with E-state index >= 15 is 0 Å². The summed E-state index contributed by atoms with van der Waals surface area (Å²) < 4.78 is 11.9. The van der Waals surface area contributed by atoms with E-state index in [1.165, 1.54) is 5.56 Å². The van der Waals surface area contributed by atoms with Crippen LogP contribution in [0.1, 0.15) is 32.3 Å². The molecule has 0 saturated carbocycles. The Hall–Kier alpha value is -0.900. The Kier molecular flexibility index (Phi) is 5.37. The molecule has 2 atom stereocenters. The first kappa shape index (κ1) is 14.5. The molecular formula is C16H25NO2. The second kappa shape index (κ2) is 7.04. The van der Waals surface area contributed by atoms with Gasteiger partial charge < -0.3 is 14.8 Å². The minimum absolute atomic E-state index is 0.187. The lowest BCUT2D eigenvalue weighted by Gasteiger charge is -2.23. The maximum absolute atomic E-state index is 6.03. The Balaban J connectivity index is 1.74. The molecule has 2 rings (SSSR count). The average molecular weight is 263 g/mol. The molecule has 0 radical (unpaired) electrons. The van der Waals surface area contributed by atoms with Gasteiger partial charge in [0.2, 0.25) is 0 Å². The molecule has 1 aromatic rings. The van der Waals surface area contributed by atoms with Crippen LogP contribution in [0.2, 0.25) is 0 Å². The van der Waals surface area contributed by atoms with E-state index in [0.29, 0.717) is 6.61 Å². The fourth-order valence-electron chi connectivity index (χ4n) is 2.38. The average Bonchev–Trinajstić information content (AvgIpc) is 2.81. The first-order valence-electron chi connectivity index (χ1n) is 7.28. The lowest BCUT2D eigenvalue weighted by molar-refractivity contribution is -0.157. The van der Waals surface area contributed by atoms with Gasteiger partial charge in [0.1, 0.15) is 0 Å². The molecule has 3 nitrogen and oxygen atoms in total. The summed E-state index contributed by atoms with van der Waals surface area (Å²) >= 11 is 0. The molecule has 19 heavy (non-hydrogen) atoms. The SMILES string of the molecule is CCCNCC1COC(C)(CCc2ccccc2)O1. The third-order valence-corrected chi connectivity index (χ3v) is 3.50. The summed E-state index contributed by atoms with van der Waals surface area (Å²) in [5, 5.41) is 3.38. The van der Waals surface area contributed by atoms with Crippen LogP contribution in [-0.4, -0.2) is 31.6 Å². The lowest BCUT2D eigenvalue weighted by atomic mass is 10.1. The minimum atomic E-state index is -0.422. The van der Waals surface area contributed by atoms with E-state index < -0.39 is 5.79 Å². The van der Waals surface area contributed by atoms with Crippen molar-refractivity contribution in [2.75, 3.05) is 19.7 Å². The third-order valence-electron chi connectivity index (χ3n) is 3.50. The van der Waals surface area contributed by atoms with Crippen molar-refractivity contribution in [3.63, 3.8) is 0 Å². The highest BCUT2D eigenvalue weighted by molar-refractivity contribution is 5.14. The molecule has 0 aromatic heterocycles. The van der Waals surface area contributed by atoms with Crippen molar-refractivity contribution in [1.29, 1.82) is 0 Å². The van der Waals surface area contributed by atoms with Crippen molar-refractivity contribution in [3.05, 3.63) is 35.9 Å². The minimum Gasteiger partial charge on any atom is -0.347 e. The summed E-state index contributed by atoms with van der Waals surface area (Å²) in [5.41, 5.74) is 1.34. The third kappa shape index (κ3) is 4.60. The second-order valence-corrected chi connectivity index (χ2v) is 5.37. The van der Waals surface area contributed by atoms with Crippen molar-refractivity contribution >= 4 is 0 Å². The molecule has 0 spiro atoms. The molecule has 2 unspecified atom stereocenters. The van der Waals surface area contributed by atoms with Gasteiger partial charge in [0, 0.05) is 13.0 Å². The fraction of sp³-hybridized carbons (Fsp3) is 0.625. The standard InChI is InChI=1S/C16H25NO2/c1-3-11-17-12-15-13-18-16(2,19-15)10-9-14-7-5-4-6-8-14/h4-8,15,17H,3,9-13H2,1-2H3. The molecule has 1 saturated heterocycles. The monoisotopic (exact) mass is 263 g/mol. The van der Waals surface area contributed by atoms with Gasteiger partial charge in [-0.1, -0.05) is 37.3 Å². The number of hydrogen-bond acceptors (Lipinski definition) is 3. The summed E-state index contributed by atoms with van der Waals surface area (Å²) in [6.45, 7) is 6.84. The molecule has 1 aromatic carbocycles. The van der Waals surface area contributed by atoms with Crippen LogP contribution in [0.15, 0.2) is 30.3 Å². The summed E-state index contributed by atoms with van der Waals surface area (Å²) in [6, 6.07) is 10.5. The molecule has 0 aliphatic carbocycles. The molecular weight excluding hydrogens is 238 g/mol. The van der Waals surface area contributed by atoms with Crippen LogP contribution < -0.4 is 5.32 Å². The molecule has 1 aliphatic rings. The van der Waals surface area contributed by atoms with Gasteiger partial charge >= 0.3 is 0 Å². The van der Waals surface area contributed by atoms with Gasteiger partial charge in [-0.15, -0.1) is 0 Å². The highest BCUT2D eigenvalue weighted by atomic mass is 16.7. The van der Waals surface area contributed by atoms with Crippen LogP contribution in [0, 0.1) is 0 Å². The van der Waals surface area contributed by atoms with Crippen LogP contribution in [-0.2, 0) is 15.9 Å². The topological polar surface area (TPSA) is 30.5 Å². The zero-order valence-corrected chi connectivity index (χ0v) is 12.0. The second-order valence-electron chi connectivity index (χ2n) is 5.37. The van der Waals surface area contributed by atoms with Crippen molar-refractivity contribution in [2.45, 2.75) is 45.0 Å². The predicted molar refractivity (Wildman–Crippen MR) is 77.2 cm³/mol. The van der Waals surface area contributed by atoms with E-state index in [-0.39, 0.29) is 6.10 Å². The molecule has 0 bridgehead atoms. The van der Waals surface area contributed by atoms with Crippen molar-refractivity contribution in [1.82, 2.24) is 5.32 Å². The molecule has 0 amide bonds. The van der Waals surface area contributed by atoms with Crippen LogP contribution in [0.5, 0.6) is 0 Å². The number of rotatable bonds is 7. The van der Waals surface area contributed by atoms with Gasteiger partial charge in [0.15, 0.2) is 5.79 Å². The van der Waals surface area contributed by atoms with Crippen molar-refractivity contribution in [3.8, 4) is 0 Å². The number of benzene rings is 1. The molecule has 3 heteroatoms. The molecule has 1 aliphatic heterocycles. The Morgan fingerprint density at radius 3 is 2.84 bits per heavy atom. The number of aryl methyl sites for hydroxylation is 1. The van der Waals surface area contributed by atoms with E-state index in [1.54, 1.807) is 0 Å². The number of hydrogen-bond donors (Lipinski definition) is 1. The van der Waals surface area contributed by atoms with E-state index in [4.69, 9.17) is 9.47 Å². The first-order valence-corrected chi connectivity index (χ1v) is 7.28. The van der Waals surface area contributed by atoms with Crippen LogP contribution in [0.3, 0.4) is 0 Å². The Morgan fingerprint density at radius 2 is 2.11 bits per heavy atom. The normalized spacial score (nSPS) is 26.7. The molecule has 106 valence electrons. The van der Waals surface area contributed by atoms with Crippen molar-refractivity contribution < 1.29 is 9.47 Å². The summed E-state index contributed by atoms with van der Waals surface area (Å²) in [5.74, 6) is -0.422. The van der Waals surface area contributed by atoms with Gasteiger partial charge in [0.25, 0.3) is 0 Å². The maximum Gasteiger partial charge on any atom is 0.166 e. The smallest absolute Gasteiger partial charge is 0.166 e. The Morgan fingerprint density at radius 1 is 1.32 bits per heavy atom. The number of ether oxygens (including phenoxy) is 2. The highest BCUT2D eigenvalue weighted by Gasteiger charge is 2.36. The summed E-state index contributed by atoms with van der Waals surface area (Å²) in [7, 11) is 0. The quantitative estimate of drug-likeness (QED) is 0.767. The van der Waals surface area contributed by atoms with Crippen LogP contribution >= 0.6 is 0 Å². The van der Waals surface area contributed by atoms with E-state index in [0.717, 1.165) is 32.4 Å². The Bertz CT molecular complexity index is 368. The maximum atomic E-state index is 6.03. The summed E-state index contributed by atoms with van der Waals surface area (Å²) in [6.07, 6.45) is 3.24. The zero-order chi connectivity index (χ0) is 13.6. The Labute approximate surface area is 116 Å². The van der Waals surface area contributed by atoms with Crippen LogP contribution in [0.25, 0.3) is 0 Å². The highest BCUT2D eigenvalue weighted by Crippen LogP contribution is 2.28. The summed E-state index contributed by atoms with van der Waals surface area (Å²) in [4.78, 5) is 0. The van der Waals surface area contributed by atoms with Gasteiger partial charge in [-0.25, -0.2) is 0 Å². The fourth-order valence-corrected chi connectivity index (χ4v) is 2.38. The van der Waals surface area contributed by atoms with Gasteiger partial charge in [-0.05, 0) is 31.9 Å². The van der Waals surface area contributed by atoms with Crippen LogP contribution in [0.4, 0.5) is 0 Å². The van der Waals surface area contributed by atoms with Gasteiger partial charge in [-0.3, -0.25) is 0 Å². The first-order chi connectivity index (χ1) is 9.22. The lowest BCUT2D eigenvalue weighted by Crippen LogP contribution is -2.32. The van der Waals surface area contributed by atoms with Crippen molar-refractivity contribution in [2.24, 2.45) is 0 Å². The molecule has 1 N–H and O–H groups in total. The van der Waals surface area contributed by atoms with E-state index in [9.17, 15) is 0 Å². The van der Waals surface area contributed by atoms with E-state index in [2.05, 4.69) is 43.4 Å².